The maximum atomic E-state index is 9.67. The van der Waals surface area contributed by atoms with Gasteiger partial charge in [0.1, 0.15) is 0 Å². The first-order chi connectivity index (χ1) is 9.19. The summed E-state index contributed by atoms with van der Waals surface area (Å²) in [5.74, 6) is 0. The number of piperidine rings is 1. The first-order valence-corrected chi connectivity index (χ1v) is 7.48. The highest BCUT2D eigenvalue weighted by atomic mass is 35.5. The van der Waals surface area contributed by atoms with Crippen LogP contribution in [0.3, 0.4) is 0 Å². The number of rotatable bonds is 5. The second-order valence-electron chi connectivity index (χ2n) is 5.26. The molecule has 1 aliphatic rings. The summed E-state index contributed by atoms with van der Waals surface area (Å²) in [4.78, 5) is 2.35. The minimum atomic E-state index is -0.187. The molecule has 0 aromatic heterocycles. The molecule has 19 heavy (non-hydrogen) atoms. The molecule has 0 aliphatic carbocycles. The molecule has 1 aromatic rings. The number of para-hydroxylation sites is 1. The van der Waals surface area contributed by atoms with E-state index < -0.39 is 0 Å². The van der Waals surface area contributed by atoms with Crippen LogP contribution in [0, 0.1) is 0 Å². The van der Waals surface area contributed by atoms with Gasteiger partial charge in [-0.15, -0.1) is 0 Å². The summed E-state index contributed by atoms with van der Waals surface area (Å²) in [6.45, 7) is 4.91. The highest BCUT2D eigenvalue weighted by molar-refractivity contribution is 6.33. The van der Waals surface area contributed by atoms with Crippen molar-refractivity contribution in [1.29, 1.82) is 0 Å². The molecule has 106 valence electrons. The number of β-amino-alcohol motifs (C(OH)–C–C–N with tert-alkyl or cyclic N) is 1. The highest BCUT2D eigenvalue weighted by Gasteiger charge is 2.20. The van der Waals surface area contributed by atoms with Crippen LogP contribution in [0.15, 0.2) is 24.3 Å². The van der Waals surface area contributed by atoms with Crippen molar-refractivity contribution in [2.75, 3.05) is 25.0 Å². The smallest absolute Gasteiger partial charge is 0.0664 e. The van der Waals surface area contributed by atoms with E-state index in [0.29, 0.717) is 6.04 Å². The van der Waals surface area contributed by atoms with E-state index in [2.05, 4.69) is 10.2 Å². The summed E-state index contributed by atoms with van der Waals surface area (Å²) in [5, 5.41) is 14.0. The van der Waals surface area contributed by atoms with Crippen molar-refractivity contribution in [3.63, 3.8) is 0 Å². The largest absolute Gasteiger partial charge is 0.392 e. The predicted octanol–water partition coefficient (Wildman–Crippen LogP) is 2.99. The van der Waals surface area contributed by atoms with E-state index in [1.807, 2.05) is 31.2 Å². The number of hydrogen-bond donors (Lipinski definition) is 2. The SMILES string of the molecule is CC[C@@H](O)CN1CCC(Nc2ccccc2Cl)CC1. The van der Waals surface area contributed by atoms with Crippen molar-refractivity contribution in [2.45, 2.75) is 38.3 Å². The number of likely N-dealkylation sites (tertiary alicyclic amines) is 1. The van der Waals surface area contributed by atoms with Gasteiger partial charge in [0.05, 0.1) is 16.8 Å². The number of halogens is 1. The summed E-state index contributed by atoms with van der Waals surface area (Å²) in [7, 11) is 0. The first kappa shape index (κ1) is 14.6. The van der Waals surface area contributed by atoms with Crippen molar-refractivity contribution in [2.24, 2.45) is 0 Å². The van der Waals surface area contributed by atoms with Gasteiger partial charge in [-0.2, -0.15) is 0 Å². The minimum absolute atomic E-state index is 0.187. The lowest BCUT2D eigenvalue weighted by Crippen LogP contribution is -2.42. The van der Waals surface area contributed by atoms with Crippen molar-refractivity contribution < 1.29 is 5.11 Å². The van der Waals surface area contributed by atoms with Gasteiger partial charge in [-0.05, 0) is 31.4 Å². The summed E-state index contributed by atoms with van der Waals surface area (Å²) >= 11 is 6.15. The Labute approximate surface area is 120 Å². The number of hydrogen-bond acceptors (Lipinski definition) is 3. The molecule has 4 heteroatoms. The molecule has 1 fully saturated rings. The zero-order chi connectivity index (χ0) is 13.7. The standard InChI is InChI=1S/C15H23ClN2O/c1-2-13(19)11-18-9-7-12(8-10-18)17-15-6-4-3-5-14(15)16/h3-6,12-13,17,19H,2,7-11H2,1H3/t13-/m1/s1. The van der Waals surface area contributed by atoms with Crippen LogP contribution >= 0.6 is 11.6 Å². The fourth-order valence-electron chi connectivity index (χ4n) is 2.49. The van der Waals surface area contributed by atoms with Gasteiger partial charge >= 0.3 is 0 Å². The molecule has 3 nitrogen and oxygen atoms in total. The maximum Gasteiger partial charge on any atom is 0.0664 e. The molecule has 1 aromatic carbocycles. The van der Waals surface area contributed by atoms with E-state index in [0.717, 1.165) is 49.6 Å². The Morgan fingerprint density at radius 1 is 1.37 bits per heavy atom. The number of nitrogens with one attached hydrogen (secondary N) is 1. The molecule has 0 bridgehead atoms. The molecule has 1 aliphatic heterocycles. The van der Waals surface area contributed by atoms with Crippen molar-refractivity contribution in [3.05, 3.63) is 29.3 Å². The van der Waals surface area contributed by atoms with Gasteiger partial charge in [-0.25, -0.2) is 0 Å². The Bertz CT molecular complexity index is 391. The molecule has 1 saturated heterocycles. The summed E-state index contributed by atoms with van der Waals surface area (Å²) < 4.78 is 0. The number of anilines is 1. The zero-order valence-electron chi connectivity index (χ0n) is 11.5. The number of aliphatic hydroxyl groups excluding tert-OH is 1. The Kier molecular flexibility index (Phi) is 5.49. The summed E-state index contributed by atoms with van der Waals surface area (Å²) in [6.07, 6.45) is 2.84. The lowest BCUT2D eigenvalue weighted by molar-refractivity contribution is 0.0962. The van der Waals surface area contributed by atoms with Crippen LogP contribution in [0.2, 0.25) is 5.02 Å². The van der Waals surface area contributed by atoms with E-state index in [9.17, 15) is 5.11 Å². The molecule has 0 spiro atoms. The molecule has 0 radical (unpaired) electrons. The third kappa shape index (κ3) is 4.37. The van der Waals surface area contributed by atoms with Crippen molar-refractivity contribution in [3.8, 4) is 0 Å². The fourth-order valence-corrected chi connectivity index (χ4v) is 2.68. The average molecular weight is 283 g/mol. The van der Waals surface area contributed by atoms with E-state index in [1.54, 1.807) is 0 Å². The second-order valence-corrected chi connectivity index (χ2v) is 5.67. The first-order valence-electron chi connectivity index (χ1n) is 7.10. The quantitative estimate of drug-likeness (QED) is 0.871. The van der Waals surface area contributed by atoms with Gasteiger partial charge in [-0.3, -0.25) is 0 Å². The Morgan fingerprint density at radius 3 is 2.68 bits per heavy atom. The van der Waals surface area contributed by atoms with Crippen LogP contribution in [0.4, 0.5) is 5.69 Å². The fraction of sp³-hybridized carbons (Fsp3) is 0.600. The third-order valence-electron chi connectivity index (χ3n) is 3.76. The molecule has 1 heterocycles. The molecule has 2 rings (SSSR count). The van der Waals surface area contributed by atoms with Gasteiger partial charge in [0.15, 0.2) is 0 Å². The van der Waals surface area contributed by atoms with Gasteiger partial charge in [0, 0.05) is 25.7 Å². The van der Waals surface area contributed by atoms with Gasteiger partial charge in [0.25, 0.3) is 0 Å². The molecule has 1 atom stereocenters. The van der Waals surface area contributed by atoms with E-state index in [1.165, 1.54) is 0 Å². The highest BCUT2D eigenvalue weighted by Crippen LogP contribution is 2.24. The Balaban J connectivity index is 1.79. The Morgan fingerprint density at radius 2 is 2.05 bits per heavy atom. The number of benzene rings is 1. The topological polar surface area (TPSA) is 35.5 Å². The molecule has 2 N–H and O–H groups in total. The van der Waals surface area contributed by atoms with Crippen LogP contribution in [0.25, 0.3) is 0 Å². The second kappa shape index (κ2) is 7.13. The normalized spacial score (nSPS) is 19.3. The number of aliphatic hydroxyl groups is 1. The van der Waals surface area contributed by atoms with Crippen molar-refractivity contribution >= 4 is 17.3 Å². The maximum absolute atomic E-state index is 9.67. The molecular formula is C15H23ClN2O. The van der Waals surface area contributed by atoms with Gasteiger partial charge in [0.2, 0.25) is 0 Å². The lowest BCUT2D eigenvalue weighted by atomic mass is 10.0. The average Bonchev–Trinajstić information content (AvgIpc) is 2.43. The van der Waals surface area contributed by atoms with Gasteiger partial charge < -0.3 is 15.3 Å². The van der Waals surface area contributed by atoms with E-state index in [4.69, 9.17) is 11.6 Å². The third-order valence-corrected chi connectivity index (χ3v) is 4.09. The monoisotopic (exact) mass is 282 g/mol. The lowest BCUT2D eigenvalue weighted by Gasteiger charge is -2.34. The summed E-state index contributed by atoms with van der Waals surface area (Å²) in [6, 6.07) is 8.37. The zero-order valence-corrected chi connectivity index (χ0v) is 12.2. The van der Waals surface area contributed by atoms with E-state index in [-0.39, 0.29) is 6.10 Å². The molecule has 0 amide bonds. The van der Waals surface area contributed by atoms with Crippen LogP contribution in [-0.4, -0.2) is 41.8 Å². The molecular weight excluding hydrogens is 260 g/mol. The van der Waals surface area contributed by atoms with Crippen molar-refractivity contribution in [1.82, 2.24) is 4.90 Å². The summed E-state index contributed by atoms with van der Waals surface area (Å²) in [5.41, 5.74) is 1.02. The van der Waals surface area contributed by atoms with E-state index >= 15 is 0 Å². The minimum Gasteiger partial charge on any atom is -0.392 e. The number of nitrogens with zero attached hydrogens (tertiary/aromatic N) is 1. The predicted molar refractivity (Wildman–Crippen MR) is 80.8 cm³/mol. The van der Waals surface area contributed by atoms with Crippen LogP contribution in [-0.2, 0) is 0 Å². The van der Waals surface area contributed by atoms with Crippen LogP contribution in [0.5, 0.6) is 0 Å². The van der Waals surface area contributed by atoms with Crippen LogP contribution in [0.1, 0.15) is 26.2 Å². The molecule has 0 saturated carbocycles. The van der Waals surface area contributed by atoms with Gasteiger partial charge in [-0.1, -0.05) is 30.7 Å². The van der Waals surface area contributed by atoms with Crippen LogP contribution < -0.4 is 5.32 Å². The Hall–Kier alpha value is -0.770. The molecule has 0 unspecified atom stereocenters.